The minimum atomic E-state index is -0.310. The molecule has 2 heterocycles. The maximum absolute atomic E-state index is 11.9. The highest BCUT2D eigenvalue weighted by Gasteiger charge is 2.10. The van der Waals surface area contributed by atoms with E-state index in [1.807, 2.05) is 26.0 Å². The Morgan fingerprint density at radius 2 is 2.17 bits per heavy atom. The summed E-state index contributed by atoms with van der Waals surface area (Å²) in [5.74, 6) is 0.424. The molecule has 0 atom stereocenters. The van der Waals surface area contributed by atoms with Gasteiger partial charge in [-0.1, -0.05) is 13.0 Å². The maximum atomic E-state index is 11.9. The highest BCUT2D eigenvalue weighted by atomic mass is 32.1. The van der Waals surface area contributed by atoms with Crippen LogP contribution in [0.5, 0.6) is 0 Å². The lowest BCUT2D eigenvalue weighted by atomic mass is 10.2. The predicted molar refractivity (Wildman–Crippen MR) is 92.5 cm³/mol. The van der Waals surface area contributed by atoms with Crippen molar-refractivity contribution in [3.8, 4) is 0 Å². The van der Waals surface area contributed by atoms with E-state index < -0.39 is 0 Å². The molecule has 0 fully saturated rings. The average molecular weight is 327 g/mol. The summed E-state index contributed by atoms with van der Waals surface area (Å²) in [4.78, 5) is 22.7. The van der Waals surface area contributed by atoms with E-state index >= 15 is 0 Å². The highest BCUT2D eigenvalue weighted by Crippen LogP contribution is 2.29. The van der Waals surface area contributed by atoms with E-state index in [4.69, 9.17) is 4.74 Å². The Hall–Kier alpha value is -2.47. The van der Waals surface area contributed by atoms with Gasteiger partial charge in [0.25, 0.3) is 0 Å². The van der Waals surface area contributed by atoms with Crippen molar-refractivity contribution in [1.29, 1.82) is 0 Å². The van der Waals surface area contributed by atoms with Crippen LogP contribution in [0.15, 0.2) is 36.7 Å². The van der Waals surface area contributed by atoms with Crippen molar-refractivity contribution in [3.05, 3.63) is 47.1 Å². The second-order valence-electron chi connectivity index (χ2n) is 5.14. The lowest BCUT2D eigenvalue weighted by Gasteiger charge is -2.08. The van der Waals surface area contributed by atoms with Crippen LogP contribution < -0.4 is 5.32 Å². The first-order chi connectivity index (χ1) is 11.2. The number of hydrogen-bond acceptors (Lipinski definition) is 6. The van der Waals surface area contributed by atoms with E-state index in [1.54, 1.807) is 29.8 Å². The number of carbonyl (C=O) groups is 1. The number of nitrogens with one attached hydrogen (secondary N) is 1. The molecule has 0 saturated carbocycles. The van der Waals surface area contributed by atoms with E-state index in [9.17, 15) is 4.79 Å². The quantitative estimate of drug-likeness (QED) is 0.707. The first-order valence-electron chi connectivity index (χ1n) is 7.42. The molecule has 2 aromatic heterocycles. The van der Waals surface area contributed by atoms with Crippen LogP contribution in [0.1, 0.15) is 28.6 Å². The first kappa shape index (κ1) is 15.4. The summed E-state index contributed by atoms with van der Waals surface area (Å²) in [7, 11) is 0. The van der Waals surface area contributed by atoms with Gasteiger partial charge in [-0.2, -0.15) is 0 Å². The van der Waals surface area contributed by atoms with Crippen LogP contribution in [0, 0.1) is 6.92 Å². The summed E-state index contributed by atoms with van der Waals surface area (Å²) in [6, 6.07) is 9.28. The minimum Gasteiger partial charge on any atom is -0.462 e. The molecular formula is C17H17N3O2S. The van der Waals surface area contributed by atoms with Gasteiger partial charge in [0.1, 0.15) is 17.0 Å². The molecule has 0 aliphatic heterocycles. The molecule has 0 aliphatic rings. The number of nitrogens with zero attached hydrogens (tertiary/aromatic N) is 2. The van der Waals surface area contributed by atoms with Gasteiger partial charge in [0.15, 0.2) is 0 Å². The molecule has 6 heteroatoms. The third kappa shape index (κ3) is 3.48. The number of thiophene rings is 1. The third-order valence-electron chi connectivity index (χ3n) is 3.25. The summed E-state index contributed by atoms with van der Waals surface area (Å²) < 4.78 is 5.17. The second-order valence-corrected chi connectivity index (χ2v) is 6.37. The van der Waals surface area contributed by atoms with Crippen LogP contribution in [-0.4, -0.2) is 22.5 Å². The van der Waals surface area contributed by atoms with Crippen molar-refractivity contribution in [1.82, 2.24) is 9.97 Å². The Kier molecular flexibility index (Phi) is 4.52. The molecule has 3 aromatic rings. The molecule has 1 N–H and O–H groups in total. The summed E-state index contributed by atoms with van der Waals surface area (Å²) in [6.45, 7) is 4.44. The molecule has 0 unspecified atom stereocenters. The molecule has 3 rings (SSSR count). The predicted octanol–water partition coefficient (Wildman–Crippen LogP) is 4.31. The number of esters is 1. The van der Waals surface area contributed by atoms with Crippen molar-refractivity contribution >= 4 is 39.0 Å². The second kappa shape index (κ2) is 6.75. The summed E-state index contributed by atoms with van der Waals surface area (Å²) in [5, 5.41) is 4.24. The molecule has 0 radical (unpaired) electrons. The fourth-order valence-electron chi connectivity index (χ4n) is 2.21. The van der Waals surface area contributed by atoms with Crippen molar-refractivity contribution in [2.24, 2.45) is 0 Å². The average Bonchev–Trinajstić information content (AvgIpc) is 2.94. The van der Waals surface area contributed by atoms with Gasteiger partial charge >= 0.3 is 5.97 Å². The molecule has 0 amide bonds. The van der Waals surface area contributed by atoms with Gasteiger partial charge in [0.2, 0.25) is 0 Å². The zero-order valence-corrected chi connectivity index (χ0v) is 13.8. The van der Waals surface area contributed by atoms with Gasteiger partial charge in [-0.15, -0.1) is 11.3 Å². The lowest BCUT2D eigenvalue weighted by Crippen LogP contribution is -2.06. The number of benzene rings is 1. The Labute approximate surface area is 138 Å². The molecule has 1 aromatic carbocycles. The molecule has 0 aliphatic carbocycles. The molecule has 0 bridgehead atoms. The molecule has 23 heavy (non-hydrogen) atoms. The van der Waals surface area contributed by atoms with Crippen LogP contribution >= 0.6 is 11.3 Å². The maximum Gasteiger partial charge on any atom is 0.338 e. The monoisotopic (exact) mass is 327 g/mol. The number of fused-ring (bicyclic) bond motifs is 1. The van der Waals surface area contributed by atoms with Gasteiger partial charge in [-0.25, -0.2) is 14.8 Å². The zero-order chi connectivity index (χ0) is 16.2. The zero-order valence-electron chi connectivity index (χ0n) is 13.0. The first-order valence-corrected chi connectivity index (χ1v) is 8.24. The van der Waals surface area contributed by atoms with Gasteiger partial charge in [0.05, 0.1) is 17.6 Å². The Morgan fingerprint density at radius 1 is 1.30 bits per heavy atom. The summed E-state index contributed by atoms with van der Waals surface area (Å²) >= 11 is 1.63. The normalized spacial score (nSPS) is 10.7. The summed E-state index contributed by atoms with van der Waals surface area (Å²) in [5.41, 5.74) is 1.31. The Morgan fingerprint density at radius 3 is 3.00 bits per heavy atom. The van der Waals surface area contributed by atoms with Crippen molar-refractivity contribution < 1.29 is 9.53 Å². The SMILES string of the molecule is CCCOC(=O)c1cccc(Nc2ncnc3sc(C)cc23)c1. The van der Waals surface area contributed by atoms with Crippen LogP contribution in [0.25, 0.3) is 10.2 Å². The van der Waals surface area contributed by atoms with Crippen LogP contribution in [0.4, 0.5) is 11.5 Å². The number of aryl methyl sites for hydroxylation is 1. The van der Waals surface area contributed by atoms with Crippen LogP contribution in [0.2, 0.25) is 0 Å². The van der Waals surface area contributed by atoms with E-state index in [0.717, 1.165) is 28.1 Å². The number of aromatic nitrogens is 2. The van der Waals surface area contributed by atoms with Gasteiger partial charge in [-0.3, -0.25) is 0 Å². The largest absolute Gasteiger partial charge is 0.462 e. The standard InChI is InChI=1S/C17H17N3O2S/c1-3-7-22-17(21)12-5-4-6-13(9-12)20-15-14-8-11(2)23-16(14)19-10-18-15/h4-6,8-10H,3,7H2,1-2H3,(H,18,19,20). The fraction of sp³-hybridized carbons (Fsp3) is 0.235. The number of ether oxygens (including phenoxy) is 1. The van der Waals surface area contributed by atoms with Crippen molar-refractivity contribution in [2.75, 3.05) is 11.9 Å². The van der Waals surface area contributed by atoms with Gasteiger partial charge in [-0.05, 0) is 37.6 Å². The topological polar surface area (TPSA) is 64.1 Å². The molecule has 5 nitrogen and oxygen atoms in total. The lowest BCUT2D eigenvalue weighted by molar-refractivity contribution is 0.0505. The number of hydrogen-bond donors (Lipinski definition) is 1. The number of rotatable bonds is 5. The van der Waals surface area contributed by atoms with E-state index in [0.29, 0.717) is 12.2 Å². The van der Waals surface area contributed by atoms with Gasteiger partial charge in [0, 0.05) is 10.6 Å². The molecule has 0 spiro atoms. The van der Waals surface area contributed by atoms with E-state index in [2.05, 4.69) is 21.4 Å². The van der Waals surface area contributed by atoms with Gasteiger partial charge < -0.3 is 10.1 Å². The van der Waals surface area contributed by atoms with Crippen LogP contribution in [0.3, 0.4) is 0 Å². The van der Waals surface area contributed by atoms with E-state index in [1.165, 1.54) is 4.88 Å². The van der Waals surface area contributed by atoms with Crippen molar-refractivity contribution in [2.45, 2.75) is 20.3 Å². The Balaban J connectivity index is 1.86. The van der Waals surface area contributed by atoms with Crippen LogP contribution in [-0.2, 0) is 4.74 Å². The number of carbonyl (C=O) groups excluding carboxylic acids is 1. The third-order valence-corrected chi connectivity index (χ3v) is 4.21. The Bertz CT molecular complexity index is 845. The molecular weight excluding hydrogens is 310 g/mol. The molecule has 118 valence electrons. The smallest absolute Gasteiger partial charge is 0.338 e. The summed E-state index contributed by atoms with van der Waals surface area (Å²) in [6.07, 6.45) is 2.35. The number of anilines is 2. The van der Waals surface area contributed by atoms with Crippen molar-refractivity contribution in [3.63, 3.8) is 0 Å². The molecule has 0 saturated heterocycles. The highest BCUT2D eigenvalue weighted by molar-refractivity contribution is 7.18. The minimum absolute atomic E-state index is 0.310. The van der Waals surface area contributed by atoms with E-state index in [-0.39, 0.29) is 5.97 Å². The fourth-order valence-corrected chi connectivity index (χ4v) is 3.06.